The van der Waals surface area contributed by atoms with E-state index in [1.165, 1.54) is 79.0 Å². The predicted octanol–water partition coefficient (Wildman–Crippen LogP) is 7.07. The summed E-state index contributed by atoms with van der Waals surface area (Å²) >= 11 is 0. The second kappa shape index (κ2) is 13.7. The second-order valence-electron chi connectivity index (χ2n) is 16.2. The molecule has 8 bridgehead atoms. The van der Waals surface area contributed by atoms with Crippen LogP contribution in [0.3, 0.4) is 0 Å². The summed E-state index contributed by atoms with van der Waals surface area (Å²) in [6.07, 6.45) is 35.9. The average Bonchev–Trinajstić information content (AvgIpc) is 3.89. The minimum Gasteiger partial charge on any atom is -0.275 e. The van der Waals surface area contributed by atoms with Gasteiger partial charge < -0.3 is 0 Å². The maximum Gasteiger partial charge on any atom is 0.253 e. The van der Waals surface area contributed by atoms with Crippen LogP contribution < -0.4 is 0 Å². The Hall–Kier alpha value is -3.28. The number of hydrogen-bond acceptors (Lipinski definition) is 4. The van der Waals surface area contributed by atoms with Crippen molar-refractivity contribution in [2.24, 2.45) is 71.0 Å². The Labute approximate surface area is 280 Å². The summed E-state index contributed by atoms with van der Waals surface area (Å²) in [6, 6.07) is 0. The molecule has 0 spiro atoms. The summed E-state index contributed by atoms with van der Waals surface area (Å²) in [5.74, 6) is 9.16. The van der Waals surface area contributed by atoms with E-state index in [1.54, 1.807) is 0 Å². The molecule has 0 aromatic rings. The van der Waals surface area contributed by atoms with Crippen LogP contribution in [0.25, 0.3) is 0 Å². The number of rotatable bonds is 5. The van der Waals surface area contributed by atoms with Crippen LogP contribution in [0, 0.1) is 71.0 Å². The second-order valence-corrected chi connectivity index (χ2v) is 16.2. The molecule has 0 aromatic carbocycles. The molecule has 2 heterocycles. The van der Waals surface area contributed by atoms with Crippen molar-refractivity contribution in [1.82, 2.24) is 9.80 Å². The summed E-state index contributed by atoms with van der Waals surface area (Å²) < 4.78 is 0. The van der Waals surface area contributed by atoms with Crippen LogP contribution >= 0.6 is 0 Å². The molecule has 2 aliphatic heterocycles. The van der Waals surface area contributed by atoms with Gasteiger partial charge in [-0.15, -0.1) is 0 Å². The molecular weight excluding hydrogens is 584 g/mol. The van der Waals surface area contributed by atoms with Gasteiger partial charge in [0.25, 0.3) is 23.6 Å². The lowest BCUT2D eigenvalue weighted by Crippen LogP contribution is -2.35. The fourth-order valence-electron chi connectivity index (χ4n) is 10.2. The van der Waals surface area contributed by atoms with E-state index >= 15 is 0 Å². The highest BCUT2D eigenvalue weighted by Gasteiger charge is 2.39. The minimum absolute atomic E-state index is 0.147. The van der Waals surface area contributed by atoms with E-state index < -0.39 is 0 Å². The third kappa shape index (κ3) is 7.12. The molecule has 0 N–H and O–H groups in total. The molecule has 10 aliphatic rings. The van der Waals surface area contributed by atoms with Gasteiger partial charge >= 0.3 is 0 Å². The van der Waals surface area contributed by atoms with Gasteiger partial charge in [0.15, 0.2) is 0 Å². The highest BCUT2D eigenvalue weighted by molar-refractivity contribution is 6.13. The largest absolute Gasteiger partial charge is 0.275 e. The van der Waals surface area contributed by atoms with E-state index in [0.717, 1.165) is 54.3 Å². The van der Waals surface area contributed by atoms with Gasteiger partial charge in [0.1, 0.15) is 0 Å². The van der Waals surface area contributed by atoms with Gasteiger partial charge in [-0.2, -0.15) is 0 Å². The quantitative estimate of drug-likeness (QED) is 0.239. The van der Waals surface area contributed by atoms with Crippen LogP contribution in [0.15, 0.2) is 72.9 Å². The topological polar surface area (TPSA) is 74.8 Å². The molecular formula is C41H52N2O4. The van der Waals surface area contributed by atoms with Crippen LogP contribution in [-0.2, 0) is 19.2 Å². The Kier molecular flexibility index (Phi) is 9.40. The highest BCUT2D eigenvalue weighted by atomic mass is 16.2. The summed E-state index contributed by atoms with van der Waals surface area (Å²) in [4.78, 5) is 48.2. The summed E-state index contributed by atoms with van der Waals surface area (Å²) in [5.41, 5.74) is 0. The number of hydrogen-bond donors (Lipinski definition) is 0. The summed E-state index contributed by atoms with van der Waals surface area (Å²) in [5, 5.41) is 0. The molecule has 12 unspecified atom stereocenters. The lowest BCUT2D eigenvalue weighted by Gasteiger charge is -2.23. The van der Waals surface area contributed by atoms with Gasteiger partial charge in [0.05, 0.1) is 0 Å². The third-order valence-corrected chi connectivity index (χ3v) is 13.0. The number of fused-ring (bicyclic) bond motifs is 8. The normalized spacial score (nSPS) is 41.4. The summed E-state index contributed by atoms with van der Waals surface area (Å²) in [7, 11) is 0. The first-order valence-electron chi connectivity index (χ1n) is 18.5. The number of allylic oxidation sites excluding steroid dienone is 8. The molecule has 6 nitrogen and oxygen atoms in total. The smallest absolute Gasteiger partial charge is 0.253 e. The lowest BCUT2D eigenvalue weighted by molar-refractivity contribution is -0.138. The van der Waals surface area contributed by atoms with Gasteiger partial charge in [-0.05, 0) is 129 Å². The predicted molar refractivity (Wildman–Crippen MR) is 183 cm³/mol. The molecule has 0 radical (unpaired) electrons. The highest BCUT2D eigenvalue weighted by Crippen LogP contribution is 2.46. The molecule has 6 heteroatoms. The Balaban J connectivity index is 0.000000104. The fraction of sp³-hybridized carbons (Fsp3) is 0.610. The van der Waals surface area contributed by atoms with E-state index in [4.69, 9.17) is 0 Å². The molecule has 4 fully saturated rings. The van der Waals surface area contributed by atoms with Crippen molar-refractivity contribution in [2.75, 3.05) is 13.1 Å². The zero-order valence-corrected chi connectivity index (χ0v) is 28.2. The van der Waals surface area contributed by atoms with Crippen LogP contribution in [0.4, 0.5) is 0 Å². The van der Waals surface area contributed by atoms with Crippen LogP contribution in [0.5, 0.6) is 0 Å². The third-order valence-electron chi connectivity index (χ3n) is 13.0. The van der Waals surface area contributed by atoms with Crippen LogP contribution in [-0.4, -0.2) is 46.5 Å². The van der Waals surface area contributed by atoms with Gasteiger partial charge in [0.2, 0.25) is 0 Å². The monoisotopic (exact) mass is 636 g/mol. The van der Waals surface area contributed by atoms with E-state index in [2.05, 4.69) is 62.5 Å². The van der Waals surface area contributed by atoms with E-state index in [1.807, 2.05) is 0 Å². The van der Waals surface area contributed by atoms with Gasteiger partial charge in [-0.1, -0.05) is 62.5 Å². The zero-order chi connectivity index (χ0) is 32.7. The number of nitrogens with zero attached hydrogens (tertiary/aromatic N) is 2. The number of amides is 4. The molecule has 47 heavy (non-hydrogen) atoms. The van der Waals surface area contributed by atoms with E-state index in [0.29, 0.717) is 42.7 Å². The van der Waals surface area contributed by atoms with E-state index in [9.17, 15) is 19.2 Å². The first kappa shape index (κ1) is 32.3. The fourth-order valence-corrected chi connectivity index (χ4v) is 10.2. The number of imide groups is 2. The Morgan fingerprint density at radius 2 is 0.851 bits per heavy atom. The maximum atomic E-state index is 11.4. The van der Waals surface area contributed by atoms with Crippen molar-refractivity contribution in [3.8, 4) is 0 Å². The van der Waals surface area contributed by atoms with Crippen molar-refractivity contribution in [2.45, 2.75) is 71.6 Å². The standard InChI is InChI=1S/C13H15NO2.C12H13NO2.2C8H12/c15-12-3-4-13(16)14(12)6-5-11-8-9-1-2-10(11)7-9;14-11-3-4-12(15)13(11)7-10-6-8-1-2-9(10)5-8;2*1-6-4-7-2-3-8(6)5-7/h1-4,9-11H,5-8H2;1-4,8-10H,5-7H2;2*2-3,6-8H,4-5H2,1H3. The minimum atomic E-state index is -0.149. The molecule has 4 amide bonds. The van der Waals surface area contributed by atoms with Gasteiger partial charge in [-0.3, -0.25) is 29.0 Å². The Bertz CT molecular complexity index is 1370. The number of carbonyl (C=O) groups excluding carboxylic acids is 4. The molecule has 4 saturated carbocycles. The van der Waals surface area contributed by atoms with E-state index in [-0.39, 0.29) is 23.6 Å². The average molecular weight is 637 g/mol. The molecule has 8 aliphatic carbocycles. The Morgan fingerprint density at radius 3 is 1.17 bits per heavy atom. The zero-order valence-electron chi connectivity index (χ0n) is 28.2. The van der Waals surface area contributed by atoms with Gasteiger partial charge in [-0.25, -0.2) is 0 Å². The maximum absolute atomic E-state index is 11.4. The lowest BCUT2D eigenvalue weighted by atomic mass is 9.90. The van der Waals surface area contributed by atoms with Crippen molar-refractivity contribution >= 4 is 23.6 Å². The van der Waals surface area contributed by atoms with Crippen molar-refractivity contribution in [3.63, 3.8) is 0 Å². The first-order chi connectivity index (χ1) is 22.7. The van der Waals surface area contributed by atoms with Crippen molar-refractivity contribution in [3.05, 3.63) is 72.9 Å². The SMILES string of the molecule is CC1CC2C=CC1C2.CC1CC2C=CC1C2.O=C1C=CC(=O)N1CC1CC2C=CC1C2.O=C1C=CC(=O)N1CCC1CC2C=CC1C2. The van der Waals surface area contributed by atoms with Gasteiger partial charge in [0, 0.05) is 37.4 Å². The van der Waals surface area contributed by atoms with Crippen LogP contribution in [0.1, 0.15) is 71.6 Å². The molecule has 0 aromatic heterocycles. The van der Waals surface area contributed by atoms with Crippen molar-refractivity contribution in [1.29, 1.82) is 0 Å². The number of carbonyl (C=O) groups is 4. The molecule has 12 atom stereocenters. The summed E-state index contributed by atoms with van der Waals surface area (Å²) in [6.45, 7) is 5.94. The molecule has 250 valence electrons. The first-order valence-corrected chi connectivity index (χ1v) is 18.5. The molecule has 10 rings (SSSR count). The Morgan fingerprint density at radius 1 is 0.468 bits per heavy atom. The van der Waals surface area contributed by atoms with Crippen LogP contribution in [0.2, 0.25) is 0 Å². The molecule has 0 saturated heterocycles. The van der Waals surface area contributed by atoms with Crippen molar-refractivity contribution < 1.29 is 19.2 Å².